The molecule has 36 heavy (non-hydrogen) atoms. The smallest absolute Gasteiger partial charge is 0.0725 e. The highest BCUT2D eigenvalue weighted by molar-refractivity contribution is 5.95. The van der Waals surface area contributed by atoms with Gasteiger partial charge < -0.3 is 0 Å². The molecule has 0 atom stereocenters. The summed E-state index contributed by atoms with van der Waals surface area (Å²) in [5.74, 6) is 0. The molecule has 0 bridgehead atoms. The average molecular weight is 459 g/mol. The van der Waals surface area contributed by atoms with E-state index in [4.69, 9.17) is 0 Å². The molecule has 0 saturated heterocycles. The van der Waals surface area contributed by atoms with Gasteiger partial charge in [0.15, 0.2) is 0 Å². The second-order valence-corrected chi connectivity index (χ2v) is 9.66. The summed E-state index contributed by atoms with van der Waals surface area (Å²) in [6.45, 7) is 0. The number of rotatable bonds is 2. The molecule has 0 aliphatic heterocycles. The summed E-state index contributed by atoms with van der Waals surface area (Å²) < 4.78 is 1.95. The number of para-hydroxylation sites is 1. The number of fused-ring (bicyclic) bond motifs is 10. The van der Waals surface area contributed by atoms with Crippen LogP contribution in [0.5, 0.6) is 0 Å². The SMILES string of the molecule is c1ccc(-n2cc(-c3ccc4c(c3)C3(c5ccccc5-c5ccccc53)c3ccccc3-4)cn2)cc1. The van der Waals surface area contributed by atoms with E-state index in [1.807, 2.05) is 29.1 Å². The van der Waals surface area contributed by atoms with Gasteiger partial charge in [0.2, 0.25) is 0 Å². The van der Waals surface area contributed by atoms with Crippen LogP contribution in [-0.2, 0) is 5.41 Å². The van der Waals surface area contributed by atoms with Gasteiger partial charge in [0.25, 0.3) is 0 Å². The Kier molecular flexibility index (Phi) is 3.90. The fourth-order valence-corrected chi connectivity index (χ4v) is 6.47. The summed E-state index contributed by atoms with van der Waals surface area (Å²) in [7, 11) is 0. The van der Waals surface area contributed by atoms with Crippen LogP contribution in [0.3, 0.4) is 0 Å². The Hall–Kier alpha value is -4.69. The molecule has 0 N–H and O–H groups in total. The first-order valence-electron chi connectivity index (χ1n) is 12.4. The van der Waals surface area contributed by atoms with E-state index >= 15 is 0 Å². The molecule has 2 heteroatoms. The molecule has 0 fully saturated rings. The minimum atomic E-state index is -0.315. The first-order valence-corrected chi connectivity index (χ1v) is 12.4. The van der Waals surface area contributed by atoms with Crippen molar-refractivity contribution in [3.05, 3.63) is 156 Å². The first kappa shape index (κ1) is 19.6. The molecular weight excluding hydrogens is 436 g/mol. The van der Waals surface area contributed by atoms with E-state index in [1.165, 1.54) is 50.1 Å². The van der Waals surface area contributed by atoms with Crippen LogP contribution in [-0.4, -0.2) is 9.78 Å². The van der Waals surface area contributed by atoms with Crippen LogP contribution in [0, 0.1) is 0 Å². The molecule has 2 aliphatic rings. The Morgan fingerprint density at radius 1 is 0.472 bits per heavy atom. The van der Waals surface area contributed by atoms with Crippen molar-refractivity contribution in [2.45, 2.75) is 5.41 Å². The van der Waals surface area contributed by atoms with E-state index in [2.05, 4.69) is 114 Å². The third-order valence-electron chi connectivity index (χ3n) is 7.93. The molecule has 5 aromatic carbocycles. The van der Waals surface area contributed by atoms with Gasteiger partial charge >= 0.3 is 0 Å². The van der Waals surface area contributed by atoms with Gasteiger partial charge in [0.1, 0.15) is 0 Å². The van der Waals surface area contributed by atoms with Gasteiger partial charge in [-0.05, 0) is 68.3 Å². The summed E-state index contributed by atoms with van der Waals surface area (Å²) in [5, 5.41) is 4.67. The van der Waals surface area contributed by atoms with E-state index in [-0.39, 0.29) is 5.41 Å². The minimum absolute atomic E-state index is 0.315. The molecule has 0 saturated carbocycles. The molecule has 1 spiro atoms. The summed E-state index contributed by atoms with van der Waals surface area (Å²) in [6.07, 6.45) is 4.10. The lowest BCUT2D eigenvalue weighted by Crippen LogP contribution is -2.25. The third-order valence-corrected chi connectivity index (χ3v) is 7.93. The van der Waals surface area contributed by atoms with Crippen molar-refractivity contribution in [2.24, 2.45) is 0 Å². The Balaban J connectivity index is 1.40. The Morgan fingerprint density at radius 3 is 1.61 bits per heavy atom. The third kappa shape index (κ3) is 2.43. The van der Waals surface area contributed by atoms with E-state index in [1.54, 1.807) is 0 Å². The highest BCUT2D eigenvalue weighted by Crippen LogP contribution is 2.62. The van der Waals surface area contributed by atoms with Crippen LogP contribution in [0.2, 0.25) is 0 Å². The van der Waals surface area contributed by atoms with Crippen molar-refractivity contribution in [3.8, 4) is 39.1 Å². The Labute approximate surface area is 210 Å². The Bertz CT molecular complexity index is 1730. The van der Waals surface area contributed by atoms with E-state index in [0.29, 0.717) is 0 Å². The van der Waals surface area contributed by atoms with Crippen molar-refractivity contribution in [1.29, 1.82) is 0 Å². The normalized spacial score (nSPS) is 13.8. The van der Waals surface area contributed by atoms with Gasteiger partial charge in [-0.3, -0.25) is 0 Å². The molecule has 0 radical (unpaired) electrons. The van der Waals surface area contributed by atoms with Crippen LogP contribution in [0.4, 0.5) is 0 Å². The van der Waals surface area contributed by atoms with Gasteiger partial charge in [0, 0.05) is 11.8 Å². The van der Waals surface area contributed by atoms with Gasteiger partial charge in [-0.15, -0.1) is 0 Å². The molecule has 2 nitrogen and oxygen atoms in total. The molecule has 6 aromatic rings. The Morgan fingerprint density at radius 2 is 1.00 bits per heavy atom. The number of aromatic nitrogens is 2. The van der Waals surface area contributed by atoms with E-state index in [9.17, 15) is 0 Å². The summed E-state index contributed by atoms with van der Waals surface area (Å²) in [5.41, 5.74) is 13.8. The summed E-state index contributed by atoms with van der Waals surface area (Å²) in [6, 6.07) is 44.0. The maximum absolute atomic E-state index is 4.67. The lowest BCUT2D eigenvalue weighted by Gasteiger charge is -2.30. The second-order valence-electron chi connectivity index (χ2n) is 9.66. The molecule has 1 aromatic heterocycles. The van der Waals surface area contributed by atoms with Crippen LogP contribution in [0.1, 0.15) is 22.3 Å². The van der Waals surface area contributed by atoms with Gasteiger partial charge in [-0.1, -0.05) is 103 Å². The zero-order valence-electron chi connectivity index (χ0n) is 19.6. The van der Waals surface area contributed by atoms with Gasteiger partial charge in [-0.2, -0.15) is 5.10 Å². The fourth-order valence-electron chi connectivity index (χ4n) is 6.47. The summed E-state index contributed by atoms with van der Waals surface area (Å²) >= 11 is 0. The number of hydrogen-bond acceptors (Lipinski definition) is 1. The predicted molar refractivity (Wildman–Crippen MR) is 145 cm³/mol. The quantitative estimate of drug-likeness (QED) is 0.258. The second kappa shape index (κ2) is 7.16. The maximum atomic E-state index is 4.67. The number of nitrogens with zero attached hydrogens (tertiary/aromatic N) is 2. The minimum Gasteiger partial charge on any atom is -0.240 e. The van der Waals surface area contributed by atoms with Gasteiger partial charge in [0.05, 0.1) is 17.3 Å². The predicted octanol–water partition coefficient (Wildman–Crippen LogP) is 7.88. The van der Waals surface area contributed by atoms with Crippen LogP contribution < -0.4 is 0 Å². The van der Waals surface area contributed by atoms with Crippen molar-refractivity contribution < 1.29 is 0 Å². The average Bonchev–Trinajstić information content (AvgIpc) is 3.63. The molecule has 0 unspecified atom stereocenters. The zero-order chi connectivity index (χ0) is 23.7. The zero-order valence-corrected chi connectivity index (χ0v) is 19.6. The van der Waals surface area contributed by atoms with Crippen LogP contribution in [0.15, 0.2) is 134 Å². The molecule has 8 rings (SSSR count). The van der Waals surface area contributed by atoms with Crippen molar-refractivity contribution in [3.63, 3.8) is 0 Å². The molecular formula is C34H22N2. The lowest BCUT2D eigenvalue weighted by atomic mass is 9.70. The maximum Gasteiger partial charge on any atom is 0.0725 e. The number of benzene rings is 5. The van der Waals surface area contributed by atoms with Crippen LogP contribution in [0.25, 0.3) is 39.1 Å². The van der Waals surface area contributed by atoms with Crippen molar-refractivity contribution >= 4 is 0 Å². The first-order chi connectivity index (χ1) is 17.9. The largest absolute Gasteiger partial charge is 0.240 e. The monoisotopic (exact) mass is 458 g/mol. The standard InChI is InChI=1S/C34H22N2/c1-2-10-25(11-3-1)36-22-24(21-35-36)23-18-19-29-28-14-6-9-17-32(28)34(33(29)20-23)30-15-7-4-12-26(30)27-13-5-8-16-31(27)34/h1-22H. The fraction of sp³-hybridized carbons (Fsp3) is 0.0294. The van der Waals surface area contributed by atoms with Crippen molar-refractivity contribution in [2.75, 3.05) is 0 Å². The summed E-state index contributed by atoms with van der Waals surface area (Å²) in [4.78, 5) is 0. The molecule has 1 heterocycles. The molecule has 0 amide bonds. The molecule has 168 valence electrons. The van der Waals surface area contributed by atoms with E-state index < -0.39 is 0 Å². The highest BCUT2D eigenvalue weighted by atomic mass is 15.3. The topological polar surface area (TPSA) is 17.8 Å². The van der Waals surface area contributed by atoms with Crippen LogP contribution >= 0.6 is 0 Å². The molecule has 2 aliphatic carbocycles. The lowest BCUT2D eigenvalue weighted by molar-refractivity contribution is 0.794. The van der Waals surface area contributed by atoms with Crippen molar-refractivity contribution in [1.82, 2.24) is 9.78 Å². The van der Waals surface area contributed by atoms with E-state index in [0.717, 1.165) is 11.3 Å². The highest BCUT2D eigenvalue weighted by Gasteiger charge is 2.51. The number of hydrogen-bond donors (Lipinski definition) is 0. The van der Waals surface area contributed by atoms with Gasteiger partial charge in [-0.25, -0.2) is 4.68 Å².